The number of carbonyl (C=O) groups excluding carboxylic acids is 2. The standard InChI is InChI=1S/C23H19N5O4/c1-27-19-8-15-11-24-25-17(15)10-20(19)31-13-23(22(27)30)12-28(23)21(29)18-9-16(32-26-18)7-14-5-3-2-4-6-14/h2-6,8-11H,7,12-13H2,1H3,(H,24,25). The summed E-state index contributed by atoms with van der Waals surface area (Å²) in [5.74, 6) is 0.619. The Labute approximate surface area is 182 Å². The van der Waals surface area contributed by atoms with Gasteiger partial charge < -0.3 is 19.1 Å². The molecular weight excluding hydrogens is 410 g/mol. The molecule has 4 aromatic rings. The predicted octanol–water partition coefficient (Wildman–Crippen LogP) is 2.39. The number of anilines is 1. The van der Waals surface area contributed by atoms with Gasteiger partial charge in [-0.05, 0) is 11.6 Å². The lowest BCUT2D eigenvalue weighted by atomic mass is 10.1. The molecule has 2 aliphatic rings. The molecule has 9 nitrogen and oxygen atoms in total. The van der Waals surface area contributed by atoms with Crippen molar-refractivity contribution in [3.8, 4) is 5.75 Å². The van der Waals surface area contributed by atoms with Crippen LogP contribution in [0.2, 0.25) is 0 Å². The molecule has 1 saturated heterocycles. The summed E-state index contributed by atoms with van der Waals surface area (Å²) in [6, 6.07) is 15.1. The van der Waals surface area contributed by atoms with E-state index in [0.29, 0.717) is 23.6 Å². The molecule has 6 rings (SSSR count). The van der Waals surface area contributed by atoms with Gasteiger partial charge in [-0.1, -0.05) is 35.5 Å². The molecular formula is C23H19N5O4. The van der Waals surface area contributed by atoms with E-state index in [1.807, 2.05) is 42.5 Å². The van der Waals surface area contributed by atoms with Crippen molar-refractivity contribution in [3.05, 3.63) is 71.7 Å². The number of likely N-dealkylation sites (N-methyl/N-ethyl adjacent to an activating group) is 1. The van der Waals surface area contributed by atoms with Crippen molar-refractivity contribution >= 4 is 28.4 Å². The number of nitrogens with zero attached hydrogens (tertiary/aromatic N) is 4. The normalized spacial score (nSPS) is 19.7. The average molecular weight is 429 g/mol. The third-order valence-corrected chi connectivity index (χ3v) is 6.13. The summed E-state index contributed by atoms with van der Waals surface area (Å²) in [5, 5.41) is 11.8. The zero-order chi connectivity index (χ0) is 21.9. The van der Waals surface area contributed by atoms with Crippen LogP contribution in [-0.2, 0) is 11.2 Å². The molecule has 1 unspecified atom stereocenters. The number of aromatic nitrogens is 3. The Morgan fingerprint density at radius 3 is 2.91 bits per heavy atom. The van der Waals surface area contributed by atoms with E-state index >= 15 is 0 Å². The van der Waals surface area contributed by atoms with E-state index in [-0.39, 0.29) is 30.7 Å². The fourth-order valence-electron chi connectivity index (χ4n) is 4.25. The molecule has 0 saturated carbocycles. The quantitative estimate of drug-likeness (QED) is 0.502. The van der Waals surface area contributed by atoms with E-state index < -0.39 is 5.54 Å². The smallest absolute Gasteiger partial charge is 0.277 e. The first-order chi connectivity index (χ1) is 15.5. The van der Waals surface area contributed by atoms with Gasteiger partial charge in [0, 0.05) is 31.0 Å². The number of hydrogen-bond acceptors (Lipinski definition) is 6. The molecule has 160 valence electrons. The Morgan fingerprint density at radius 2 is 2.06 bits per heavy atom. The molecule has 1 spiro atoms. The van der Waals surface area contributed by atoms with Crippen LogP contribution in [0, 0.1) is 0 Å². The average Bonchev–Trinajstić information content (AvgIpc) is 3.13. The molecule has 2 aliphatic heterocycles. The van der Waals surface area contributed by atoms with Gasteiger partial charge in [0.15, 0.2) is 11.2 Å². The van der Waals surface area contributed by atoms with E-state index in [1.165, 1.54) is 4.90 Å². The van der Waals surface area contributed by atoms with Crippen LogP contribution in [0.15, 0.2) is 59.3 Å². The summed E-state index contributed by atoms with van der Waals surface area (Å²) in [6.07, 6.45) is 2.23. The maximum absolute atomic E-state index is 13.3. The molecule has 0 radical (unpaired) electrons. The Balaban J connectivity index is 1.24. The van der Waals surface area contributed by atoms with Crippen LogP contribution in [0.4, 0.5) is 5.69 Å². The van der Waals surface area contributed by atoms with Gasteiger partial charge in [-0.25, -0.2) is 0 Å². The topological polar surface area (TPSA) is 104 Å². The second-order valence-corrected chi connectivity index (χ2v) is 8.19. The molecule has 1 atom stereocenters. The van der Waals surface area contributed by atoms with Crippen LogP contribution < -0.4 is 9.64 Å². The first kappa shape index (κ1) is 18.6. The van der Waals surface area contributed by atoms with Crippen molar-refractivity contribution in [1.29, 1.82) is 0 Å². The monoisotopic (exact) mass is 429 g/mol. The van der Waals surface area contributed by atoms with Crippen LogP contribution in [0.5, 0.6) is 5.75 Å². The first-order valence-corrected chi connectivity index (χ1v) is 10.2. The second-order valence-electron chi connectivity index (χ2n) is 8.19. The minimum atomic E-state index is -1.05. The SMILES string of the molecule is CN1C(=O)C2(COc3cc4[nH]ncc4cc31)CN2C(=O)c1cc(Cc2ccccc2)on1. The number of rotatable bonds is 3. The van der Waals surface area contributed by atoms with Crippen molar-refractivity contribution in [2.75, 3.05) is 25.1 Å². The van der Waals surface area contributed by atoms with Gasteiger partial charge in [0.1, 0.15) is 18.1 Å². The molecule has 2 aromatic heterocycles. The zero-order valence-electron chi connectivity index (χ0n) is 17.2. The lowest BCUT2D eigenvalue weighted by molar-refractivity contribution is -0.122. The summed E-state index contributed by atoms with van der Waals surface area (Å²) in [4.78, 5) is 29.5. The van der Waals surface area contributed by atoms with Crippen molar-refractivity contribution in [1.82, 2.24) is 20.3 Å². The number of H-pyrrole nitrogens is 1. The van der Waals surface area contributed by atoms with Crippen LogP contribution >= 0.6 is 0 Å². The second kappa shape index (κ2) is 6.68. The third-order valence-electron chi connectivity index (χ3n) is 6.13. The lowest BCUT2D eigenvalue weighted by Crippen LogP contribution is -2.44. The van der Waals surface area contributed by atoms with Gasteiger partial charge in [-0.15, -0.1) is 0 Å². The summed E-state index contributed by atoms with van der Waals surface area (Å²) >= 11 is 0. The number of nitrogens with one attached hydrogen (secondary N) is 1. The van der Waals surface area contributed by atoms with E-state index in [2.05, 4.69) is 15.4 Å². The highest BCUT2D eigenvalue weighted by molar-refractivity contribution is 6.10. The number of fused-ring (bicyclic) bond motifs is 2. The van der Waals surface area contributed by atoms with Gasteiger partial charge in [0.05, 0.1) is 23.9 Å². The van der Waals surface area contributed by atoms with Crippen LogP contribution in [0.3, 0.4) is 0 Å². The highest BCUT2D eigenvalue weighted by Gasteiger charge is 2.64. The van der Waals surface area contributed by atoms with Gasteiger partial charge in [0.25, 0.3) is 11.8 Å². The predicted molar refractivity (Wildman–Crippen MR) is 115 cm³/mol. The molecule has 1 fully saturated rings. The summed E-state index contributed by atoms with van der Waals surface area (Å²) < 4.78 is 11.4. The van der Waals surface area contributed by atoms with Crippen LogP contribution in [-0.4, -0.2) is 57.8 Å². The number of hydrogen-bond donors (Lipinski definition) is 1. The van der Waals surface area contributed by atoms with Crippen LogP contribution in [0.1, 0.15) is 21.8 Å². The molecule has 1 N–H and O–H groups in total. The van der Waals surface area contributed by atoms with Gasteiger partial charge >= 0.3 is 0 Å². The highest BCUT2D eigenvalue weighted by Crippen LogP contribution is 2.43. The fraction of sp³-hybridized carbons (Fsp3) is 0.217. The van der Waals surface area contributed by atoms with Gasteiger partial charge in [-0.3, -0.25) is 14.7 Å². The Bertz CT molecular complexity index is 1360. The molecule has 2 aromatic carbocycles. The van der Waals surface area contributed by atoms with Crippen molar-refractivity contribution in [2.24, 2.45) is 0 Å². The summed E-state index contributed by atoms with van der Waals surface area (Å²) in [5.41, 5.74) is 1.66. The maximum Gasteiger partial charge on any atom is 0.277 e. The lowest BCUT2D eigenvalue weighted by Gasteiger charge is -2.19. The molecule has 2 amide bonds. The Morgan fingerprint density at radius 1 is 1.22 bits per heavy atom. The van der Waals surface area contributed by atoms with Crippen molar-refractivity contribution in [2.45, 2.75) is 12.0 Å². The summed E-state index contributed by atoms with van der Waals surface area (Å²) in [6.45, 7) is 0.340. The molecule has 0 aliphatic carbocycles. The van der Waals surface area contributed by atoms with Gasteiger partial charge in [0.2, 0.25) is 0 Å². The van der Waals surface area contributed by atoms with E-state index in [9.17, 15) is 9.59 Å². The number of amides is 2. The molecule has 32 heavy (non-hydrogen) atoms. The molecule has 4 heterocycles. The Kier molecular flexibility index (Phi) is 3.89. The minimum absolute atomic E-state index is 0.0727. The van der Waals surface area contributed by atoms with Crippen LogP contribution in [0.25, 0.3) is 10.9 Å². The fourth-order valence-corrected chi connectivity index (χ4v) is 4.25. The summed E-state index contributed by atoms with van der Waals surface area (Å²) in [7, 11) is 1.69. The third kappa shape index (κ3) is 2.78. The first-order valence-electron chi connectivity index (χ1n) is 10.2. The zero-order valence-corrected chi connectivity index (χ0v) is 17.2. The number of aromatic amines is 1. The van der Waals surface area contributed by atoms with Crippen molar-refractivity contribution < 1.29 is 18.8 Å². The number of ether oxygens (including phenoxy) is 1. The van der Waals surface area contributed by atoms with E-state index in [1.54, 1.807) is 24.2 Å². The molecule has 0 bridgehead atoms. The largest absolute Gasteiger partial charge is 0.488 e. The Hall–Kier alpha value is -4.14. The van der Waals surface area contributed by atoms with E-state index in [4.69, 9.17) is 9.26 Å². The van der Waals surface area contributed by atoms with Gasteiger partial charge in [-0.2, -0.15) is 5.10 Å². The number of benzene rings is 2. The van der Waals surface area contributed by atoms with E-state index in [0.717, 1.165) is 16.5 Å². The highest BCUT2D eigenvalue weighted by atomic mass is 16.5. The molecule has 9 heteroatoms. The maximum atomic E-state index is 13.3. The number of carbonyl (C=O) groups is 2. The van der Waals surface area contributed by atoms with Crippen molar-refractivity contribution in [3.63, 3.8) is 0 Å². The minimum Gasteiger partial charge on any atom is -0.488 e.